The Morgan fingerprint density at radius 3 is 2.50 bits per heavy atom. The van der Waals surface area contributed by atoms with E-state index in [2.05, 4.69) is 10.6 Å². The topological polar surface area (TPSA) is 63.5 Å². The van der Waals surface area contributed by atoms with Crippen LogP contribution in [0.15, 0.2) is 34.7 Å². The van der Waals surface area contributed by atoms with Crippen molar-refractivity contribution in [3.63, 3.8) is 0 Å². The van der Waals surface area contributed by atoms with Crippen LogP contribution in [-0.4, -0.2) is 13.1 Å². The van der Waals surface area contributed by atoms with Crippen molar-refractivity contribution in [1.29, 1.82) is 0 Å². The van der Waals surface area contributed by atoms with Crippen molar-refractivity contribution in [1.82, 2.24) is 10.6 Å². The summed E-state index contributed by atoms with van der Waals surface area (Å²) in [5.41, 5.74) is 2.01. The second-order valence-electron chi connectivity index (χ2n) is 5.27. The van der Waals surface area contributed by atoms with Gasteiger partial charge in [0.15, 0.2) is 0 Å². The smallest absolute Gasteiger partial charge is 0.315 e. The van der Waals surface area contributed by atoms with Crippen LogP contribution in [0, 0.1) is 13.8 Å². The van der Waals surface area contributed by atoms with Gasteiger partial charge in [0.2, 0.25) is 0 Å². The molecule has 2 amide bonds. The van der Waals surface area contributed by atoms with Gasteiger partial charge >= 0.3 is 6.03 Å². The molecule has 1 unspecified atom stereocenters. The summed E-state index contributed by atoms with van der Waals surface area (Å²) in [7, 11) is 1.63. The fourth-order valence-electron chi connectivity index (χ4n) is 2.33. The fraction of sp³-hybridized carbons (Fsp3) is 0.353. The van der Waals surface area contributed by atoms with E-state index < -0.39 is 0 Å². The summed E-state index contributed by atoms with van der Waals surface area (Å²) in [4.78, 5) is 12.0. The molecule has 22 heavy (non-hydrogen) atoms. The third kappa shape index (κ3) is 4.04. The normalized spacial score (nSPS) is 11.8. The Kier molecular flexibility index (Phi) is 5.09. The van der Waals surface area contributed by atoms with Crippen LogP contribution in [-0.2, 0) is 6.54 Å². The SMILES string of the molecule is COc1ccc(CNC(=O)NC(C)c2cc(C)oc2C)cc1. The molecular formula is C17H22N2O3. The number of benzene rings is 1. The van der Waals surface area contributed by atoms with Crippen LogP contribution in [0.3, 0.4) is 0 Å². The Labute approximate surface area is 130 Å². The van der Waals surface area contributed by atoms with E-state index in [4.69, 9.17) is 9.15 Å². The molecule has 118 valence electrons. The minimum atomic E-state index is -0.207. The molecule has 1 aromatic heterocycles. The van der Waals surface area contributed by atoms with Gasteiger partial charge < -0.3 is 19.8 Å². The molecule has 2 N–H and O–H groups in total. The molecule has 2 aromatic rings. The predicted molar refractivity (Wildman–Crippen MR) is 85.0 cm³/mol. The van der Waals surface area contributed by atoms with Crippen LogP contribution in [0.2, 0.25) is 0 Å². The second-order valence-corrected chi connectivity index (χ2v) is 5.27. The predicted octanol–water partition coefficient (Wildman–Crippen LogP) is 3.47. The number of nitrogens with one attached hydrogen (secondary N) is 2. The first-order valence-electron chi connectivity index (χ1n) is 7.24. The number of carbonyl (C=O) groups is 1. The number of hydrogen-bond acceptors (Lipinski definition) is 3. The number of carbonyl (C=O) groups excluding carboxylic acids is 1. The summed E-state index contributed by atoms with van der Waals surface area (Å²) in [6, 6.07) is 9.22. The lowest BCUT2D eigenvalue weighted by molar-refractivity contribution is 0.237. The van der Waals surface area contributed by atoms with Gasteiger partial charge in [0.25, 0.3) is 0 Å². The van der Waals surface area contributed by atoms with Crippen molar-refractivity contribution >= 4 is 6.03 Å². The van der Waals surface area contributed by atoms with Gasteiger partial charge in [-0.3, -0.25) is 0 Å². The molecule has 1 atom stereocenters. The fourth-order valence-corrected chi connectivity index (χ4v) is 2.33. The Hall–Kier alpha value is -2.43. The molecule has 0 aliphatic rings. The van der Waals surface area contributed by atoms with Crippen LogP contribution in [0.1, 0.15) is 35.6 Å². The van der Waals surface area contributed by atoms with Crippen molar-refractivity contribution in [2.24, 2.45) is 0 Å². The highest BCUT2D eigenvalue weighted by Gasteiger charge is 2.14. The van der Waals surface area contributed by atoms with Crippen LogP contribution in [0.25, 0.3) is 0 Å². The minimum absolute atomic E-state index is 0.103. The third-order valence-corrected chi connectivity index (χ3v) is 3.51. The highest BCUT2D eigenvalue weighted by Crippen LogP contribution is 2.21. The zero-order valence-electron chi connectivity index (χ0n) is 13.4. The van der Waals surface area contributed by atoms with E-state index in [9.17, 15) is 4.79 Å². The van der Waals surface area contributed by atoms with E-state index in [1.807, 2.05) is 51.1 Å². The molecule has 0 aliphatic heterocycles. The number of rotatable bonds is 5. The van der Waals surface area contributed by atoms with Gasteiger partial charge in [-0.25, -0.2) is 4.79 Å². The maximum Gasteiger partial charge on any atom is 0.315 e. The second kappa shape index (κ2) is 7.02. The molecule has 0 radical (unpaired) electrons. The number of methoxy groups -OCH3 is 1. The average Bonchev–Trinajstić information content (AvgIpc) is 2.84. The Bertz CT molecular complexity index is 632. The lowest BCUT2D eigenvalue weighted by Crippen LogP contribution is -2.36. The van der Waals surface area contributed by atoms with E-state index >= 15 is 0 Å². The van der Waals surface area contributed by atoms with E-state index in [1.165, 1.54) is 0 Å². The van der Waals surface area contributed by atoms with Gasteiger partial charge in [0.1, 0.15) is 17.3 Å². The summed E-state index contributed by atoms with van der Waals surface area (Å²) in [6.07, 6.45) is 0. The van der Waals surface area contributed by atoms with Crippen LogP contribution in [0.5, 0.6) is 5.75 Å². The molecule has 0 aliphatic carbocycles. The maximum atomic E-state index is 12.0. The molecule has 1 heterocycles. The number of urea groups is 1. The van der Waals surface area contributed by atoms with Crippen molar-refractivity contribution < 1.29 is 13.9 Å². The highest BCUT2D eigenvalue weighted by atomic mass is 16.5. The van der Waals surface area contributed by atoms with Crippen molar-refractivity contribution in [2.45, 2.75) is 33.4 Å². The quantitative estimate of drug-likeness (QED) is 0.889. The van der Waals surface area contributed by atoms with Gasteiger partial charge in [-0.05, 0) is 44.5 Å². The van der Waals surface area contributed by atoms with E-state index in [0.29, 0.717) is 6.54 Å². The van der Waals surface area contributed by atoms with Crippen LogP contribution >= 0.6 is 0 Å². The zero-order valence-corrected chi connectivity index (χ0v) is 13.4. The summed E-state index contributed by atoms with van der Waals surface area (Å²) in [6.45, 7) is 6.19. The van der Waals surface area contributed by atoms with E-state index in [-0.39, 0.29) is 12.1 Å². The molecule has 5 heteroatoms. The largest absolute Gasteiger partial charge is 0.497 e. The molecule has 5 nitrogen and oxygen atoms in total. The highest BCUT2D eigenvalue weighted by molar-refractivity contribution is 5.74. The Morgan fingerprint density at radius 2 is 1.95 bits per heavy atom. The summed E-state index contributed by atoms with van der Waals surface area (Å²) >= 11 is 0. The average molecular weight is 302 g/mol. The van der Waals surface area contributed by atoms with Gasteiger partial charge in [-0.15, -0.1) is 0 Å². The minimum Gasteiger partial charge on any atom is -0.497 e. The first-order valence-corrected chi connectivity index (χ1v) is 7.24. The maximum absolute atomic E-state index is 12.0. The van der Waals surface area contributed by atoms with Crippen molar-refractivity contribution in [3.8, 4) is 5.75 Å². The molecular weight excluding hydrogens is 280 g/mol. The summed E-state index contributed by atoms with van der Waals surface area (Å²) < 4.78 is 10.6. The van der Waals surface area contributed by atoms with Gasteiger partial charge in [-0.2, -0.15) is 0 Å². The lowest BCUT2D eigenvalue weighted by atomic mass is 10.1. The molecule has 2 rings (SSSR count). The van der Waals surface area contributed by atoms with E-state index in [1.54, 1.807) is 7.11 Å². The number of aryl methyl sites for hydroxylation is 2. The number of hydrogen-bond donors (Lipinski definition) is 2. The van der Waals surface area contributed by atoms with Gasteiger partial charge in [0, 0.05) is 12.1 Å². The number of furan rings is 1. The molecule has 1 aromatic carbocycles. The van der Waals surface area contributed by atoms with Crippen LogP contribution < -0.4 is 15.4 Å². The molecule has 0 spiro atoms. The zero-order chi connectivity index (χ0) is 16.1. The van der Waals surface area contributed by atoms with E-state index in [0.717, 1.165) is 28.4 Å². The first kappa shape index (κ1) is 15.9. The van der Waals surface area contributed by atoms with Gasteiger partial charge in [0.05, 0.1) is 13.2 Å². The third-order valence-electron chi connectivity index (χ3n) is 3.51. The monoisotopic (exact) mass is 302 g/mol. The number of amides is 2. The first-order chi connectivity index (χ1) is 10.5. The molecule has 0 saturated heterocycles. The summed E-state index contributed by atoms with van der Waals surface area (Å²) in [5, 5.41) is 5.75. The molecule has 0 fully saturated rings. The Balaban J connectivity index is 1.85. The summed E-state index contributed by atoms with van der Waals surface area (Å²) in [5.74, 6) is 2.48. The molecule has 0 bridgehead atoms. The van der Waals surface area contributed by atoms with Crippen molar-refractivity contribution in [2.75, 3.05) is 7.11 Å². The standard InChI is InChI=1S/C17H22N2O3/c1-11-9-16(13(3)22-11)12(2)19-17(20)18-10-14-5-7-15(21-4)8-6-14/h5-9,12H,10H2,1-4H3,(H2,18,19,20). The van der Waals surface area contributed by atoms with Crippen LogP contribution in [0.4, 0.5) is 4.79 Å². The number of ether oxygens (including phenoxy) is 1. The lowest BCUT2D eigenvalue weighted by Gasteiger charge is -2.14. The van der Waals surface area contributed by atoms with Gasteiger partial charge in [-0.1, -0.05) is 12.1 Å². The molecule has 0 saturated carbocycles. The Morgan fingerprint density at radius 1 is 1.27 bits per heavy atom. The van der Waals surface area contributed by atoms with Crippen molar-refractivity contribution in [3.05, 3.63) is 53.0 Å².